The Bertz CT molecular complexity index is 548. The summed E-state index contributed by atoms with van der Waals surface area (Å²) in [7, 11) is 0. The summed E-state index contributed by atoms with van der Waals surface area (Å²) in [5.74, 6) is -0.935. The number of aliphatic carboxylic acids is 1. The van der Waals surface area contributed by atoms with Crippen LogP contribution in [0.2, 0.25) is 0 Å². The third kappa shape index (κ3) is 3.97. The largest absolute Gasteiger partial charge is 0.480 e. The van der Waals surface area contributed by atoms with Crippen LogP contribution in [-0.2, 0) is 4.79 Å². The zero-order chi connectivity index (χ0) is 15.4. The molecule has 2 N–H and O–H groups in total. The fourth-order valence-electron chi connectivity index (χ4n) is 2.53. The SMILES string of the molecule is Cc1ccc(Br)c(NC(=O)N2CCCCCC2C(=O)O)c1. The minimum absolute atomic E-state index is 0.351. The summed E-state index contributed by atoms with van der Waals surface area (Å²) >= 11 is 3.39. The highest BCUT2D eigenvalue weighted by atomic mass is 79.9. The maximum Gasteiger partial charge on any atom is 0.326 e. The van der Waals surface area contributed by atoms with Gasteiger partial charge in [0, 0.05) is 11.0 Å². The maximum absolute atomic E-state index is 12.4. The molecule has 0 bridgehead atoms. The average Bonchev–Trinajstić information content (AvgIpc) is 2.68. The molecule has 2 amide bonds. The molecule has 1 atom stereocenters. The van der Waals surface area contributed by atoms with Crippen molar-refractivity contribution in [2.24, 2.45) is 0 Å². The molecular weight excluding hydrogens is 336 g/mol. The minimum Gasteiger partial charge on any atom is -0.480 e. The van der Waals surface area contributed by atoms with Crippen molar-refractivity contribution in [3.8, 4) is 0 Å². The van der Waals surface area contributed by atoms with Gasteiger partial charge in [0.05, 0.1) is 5.69 Å². The van der Waals surface area contributed by atoms with Crippen LogP contribution in [0.5, 0.6) is 0 Å². The highest BCUT2D eigenvalue weighted by Crippen LogP contribution is 2.25. The standard InChI is InChI=1S/C15H19BrN2O3/c1-10-6-7-11(16)12(9-10)17-15(21)18-8-4-2-3-5-13(18)14(19)20/h6-7,9,13H,2-5,8H2,1H3,(H,17,21)(H,19,20). The van der Waals surface area contributed by atoms with E-state index in [-0.39, 0.29) is 6.03 Å². The van der Waals surface area contributed by atoms with Gasteiger partial charge in [0.2, 0.25) is 0 Å². The number of hydrogen-bond donors (Lipinski definition) is 2. The molecule has 1 unspecified atom stereocenters. The van der Waals surface area contributed by atoms with E-state index < -0.39 is 12.0 Å². The van der Waals surface area contributed by atoms with Crippen LogP contribution in [0.25, 0.3) is 0 Å². The Morgan fingerprint density at radius 1 is 1.33 bits per heavy atom. The van der Waals surface area contributed by atoms with Crippen LogP contribution in [0.1, 0.15) is 31.2 Å². The van der Waals surface area contributed by atoms with Crippen LogP contribution in [0.3, 0.4) is 0 Å². The monoisotopic (exact) mass is 354 g/mol. The topological polar surface area (TPSA) is 69.6 Å². The molecule has 0 spiro atoms. The number of carboxylic acid groups (broad SMARTS) is 1. The fraction of sp³-hybridized carbons (Fsp3) is 0.467. The maximum atomic E-state index is 12.4. The molecule has 6 heteroatoms. The van der Waals surface area contributed by atoms with Crippen LogP contribution < -0.4 is 5.32 Å². The Morgan fingerprint density at radius 2 is 2.10 bits per heavy atom. The molecule has 2 rings (SSSR count). The number of rotatable bonds is 2. The number of hydrogen-bond acceptors (Lipinski definition) is 2. The summed E-state index contributed by atoms with van der Waals surface area (Å²) < 4.78 is 0.781. The molecule has 1 aliphatic rings. The van der Waals surface area contributed by atoms with Crippen LogP contribution >= 0.6 is 15.9 Å². The lowest BCUT2D eigenvalue weighted by atomic mass is 10.1. The van der Waals surface area contributed by atoms with Gasteiger partial charge < -0.3 is 15.3 Å². The van der Waals surface area contributed by atoms with Crippen molar-refractivity contribution in [1.29, 1.82) is 0 Å². The number of carbonyl (C=O) groups is 2. The first-order valence-electron chi connectivity index (χ1n) is 7.05. The number of amides is 2. The molecule has 114 valence electrons. The number of likely N-dealkylation sites (tertiary alicyclic amines) is 1. The van der Waals surface area contributed by atoms with Crippen molar-refractivity contribution in [1.82, 2.24) is 4.90 Å². The highest BCUT2D eigenvalue weighted by Gasteiger charge is 2.30. The molecular formula is C15H19BrN2O3. The normalized spacial score (nSPS) is 19.0. The number of aryl methyl sites for hydroxylation is 1. The molecule has 21 heavy (non-hydrogen) atoms. The number of carbonyl (C=O) groups excluding carboxylic acids is 1. The lowest BCUT2D eigenvalue weighted by Gasteiger charge is -2.27. The molecule has 5 nitrogen and oxygen atoms in total. The number of nitrogens with zero attached hydrogens (tertiary/aromatic N) is 1. The van der Waals surface area contributed by atoms with Gasteiger partial charge in [-0.05, 0) is 53.4 Å². The smallest absolute Gasteiger partial charge is 0.326 e. The number of anilines is 1. The molecule has 1 aromatic carbocycles. The van der Waals surface area contributed by atoms with E-state index in [0.717, 1.165) is 29.3 Å². The first-order valence-corrected chi connectivity index (χ1v) is 7.85. The van der Waals surface area contributed by atoms with Crippen LogP contribution in [0.15, 0.2) is 22.7 Å². The first-order chi connectivity index (χ1) is 9.99. The number of benzene rings is 1. The summed E-state index contributed by atoms with van der Waals surface area (Å²) in [6, 6.07) is 4.57. The van der Waals surface area contributed by atoms with Crippen LogP contribution in [-0.4, -0.2) is 34.6 Å². The molecule has 1 saturated heterocycles. The van der Waals surface area contributed by atoms with Gasteiger partial charge in [-0.1, -0.05) is 18.9 Å². The molecule has 1 aromatic rings. The number of nitrogens with one attached hydrogen (secondary N) is 1. The van der Waals surface area contributed by atoms with Crippen LogP contribution in [0.4, 0.5) is 10.5 Å². The van der Waals surface area contributed by atoms with Crippen molar-refractivity contribution in [2.75, 3.05) is 11.9 Å². The number of halogens is 1. The molecule has 0 aromatic heterocycles. The number of carboxylic acids is 1. The molecule has 1 fully saturated rings. The van der Waals surface area contributed by atoms with Gasteiger partial charge in [-0.2, -0.15) is 0 Å². The van der Waals surface area contributed by atoms with E-state index in [4.69, 9.17) is 0 Å². The van der Waals surface area contributed by atoms with Crippen LogP contribution in [0, 0.1) is 6.92 Å². The first kappa shape index (κ1) is 15.8. The fourth-order valence-corrected chi connectivity index (χ4v) is 2.88. The third-order valence-corrected chi connectivity index (χ3v) is 4.35. The van der Waals surface area contributed by atoms with Gasteiger partial charge in [-0.15, -0.1) is 0 Å². The lowest BCUT2D eigenvalue weighted by Crippen LogP contribution is -2.46. The summed E-state index contributed by atoms with van der Waals surface area (Å²) in [5, 5.41) is 12.1. The van der Waals surface area contributed by atoms with E-state index in [1.54, 1.807) is 0 Å². The Balaban J connectivity index is 2.16. The second-order valence-electron chi connectivity index (χ2n) is 5.31. The summed E-state index contributed by atoms with van der Waals surface area (Å²) in [6.45, 7) is 2.42. The highest BCUT2D eigenvalue weighted by molar-refractivity contribution is 9.10. The summed E-state index contributed by atoms with van der Waals surface area (Å²) in [4.78, 5) is 25.2. The predicted octanol–water partition coefficient (Wildman–Crippen LogP) is 3.62. The van der Waals surface area contributed by atoms with Gasteiger partial charge in [0.1, 0.15) is 6.04 Å². The average molecular weight is 355 g/mol. The van der Waals surface area contributed by atoms with Gasteiger partial charge in [0.15, 0.2) is 0 Å². The van der Waals surface area contributed by atoms with E-state index >= 15 is 0 Å². The Morgan fingerprint density at radius 3 is 2.81 bits per heavy atom. The van der Waals surface area contributed by atoms with Crippen molar-refractivity contribution >= 4 is 33.6 Å². The Labute approximate surface area is 132 Å². The molecule has 0 radical (unpaired) electrons. The number of urea groups is 1. The third-order valence-electron chi connectivity index (χ3n) is 3.66. The van der Waals surface area contributed by atoms with Gasteiger partial charge in [-0.3, -0.25) is 0 Å². The lowest BCUT2D eigenvalue weighted by molar-refractivity contribution is -0.142. The quantitative estimate of drug-likeness (QED) is 0.851. The van der Waals surface area contributed by atoms with Crippen molar-refractivity contribution in [2.45, 2.75) is 38.6 Å². The zero-order valence-electron chi connectivity index (χ0n) is 11.9. The van der Waals surface area contributed by atoms with Crippen molar-refractivity contribution in [3.63, 3.8) is 0 Å². The minimum atomic E-state index is -0.935. The Kier molecular flexibility index (Phi) is 5.22. The second-order valence-corrected chi connectivity index (χ2v) is 6.16. The zero-order valence-corrected chi connectivity index (χ0v) is 13.5. The Hall–Kier alpha value is -1.56. The van der Waals surface area contributed by atoms with E-state index in [2.05, 4.69) is 21.2 Å². The van der Waals surface area contributed by atoms with E-state index in [1.165, 1.54) is 4.90 Å². The second kappa shape index (κ2) is 6.93. The predicted molar refractivity (Wildman–Crippen MR) is 84.5 cm³/mol. The van der Waals surface area contributed by atoms with E-state index in [9.17, 15) is 14.7 Å². The van der Waals surface area contributed by atoms with Gasteiger partial charge in [0.25, 0.3) is 0 Å². The van der Waals surface area contributed by atoms with Gasteiger partial charge >= 0.3 is 12.0 Å². The summed E-state index contributed by atoms with van der Waals surface area (Å²) in [6.07, 6.45) is 3.15. The summed E-state index contributed by atoms with van der Waals surface area (Å²) in [5.41, 5.74) is 1.69. The molecule has 1 heterocycles. The van der Waals surface area contributed by atoms with Crippen molar-refractivity contribution in [3.05, 3.63) is 28.2 Å². The van der Waals surface area contributed by atoms with Gasteiger partial charge in [-0.25, -0.2) is 9.59 Å². The molecule has 0 saturated carbocycles. The van der Waals surface area contributed by atoms with Crippen molar-refractivity contribution < 1.29 is 14.7 Å². The van der Waals surface area contributed by atoms with E-state index in [0.29, 0.717) is 18.7 Å². The van der Waals surface area contributed by atoms with E-state index in [1.807, 2.05) is 25.1 Å². The molecule has 1 aliphatic heterocycles. The molecule has 0 aliphatic carbocycles.